The lowest BCUT2D eigenvalue weighted by Gasteiger charge is -2.71. The van der Waals surface area contributed by atoms with E-state index in [1.54, 1.807) is 0 Å². The maximum Gasteiger partial charge on any atom is 0.187 e. The van der Waals surface area contributed by atoms with Crippen LogP contribution < -0.4 is 0 Å². The van der Waals surface area contributed by atoms with Gasteiger partial charge >= 0.3 is 0 Å². The molecule has 2 saturated heterocycles. The fraction of sp³-hybridized carbons (Fsp3) is 0.952. The second-order valence-corrected chi connectivity index (χ2v) is 20.3. The maximum atomic E-state index is 12.2. The molecule has 4 aliphatic carbocycles. The zero-order chi connectivity index (χ0) is 41.5. The van der Waals surface area contributed by atoms with E-state index in [0.29, 0.717) is 19.3 Å². The van der Waals surface area contributed by atoms with Crippen molar-refractivity contribution in [3.8, 4) is 0 Å². The Morgan fingerprint density at radius 1 is 0.732 bits per heavy atom. The molecule has 0 bridgehead atoms. The van der Waals surface area contributed by atoms with Crippen LogP contribution in [0.4, 0.5) is 0 Å². The molecule has 0 amide bonds. The number of hydrogen-bond donors (Lipinski definition) is 10. The Morgan fingerprint density at radius 3 is 1.93 bits per heavy atom. The molecule has 324 valence electrons. The number of rotatable bonds is 10. The molecule has 0 unspecified atom stereocenters. The minimum absolute atomic E-state index is 0.00996. The van der Waals surface area contributed by atoms with Gasteiger partial charge in [0, 0.05) is 0 Å². The summed E-state index contributed by atoms with van der Waals surface area (Å²) < 4.78 is 24.1. The van der Waals surface area contributed by atoms with E-state index in [1.807, 2.05) is 20.8 Å². The predicted octanol–water partition coefficient (Wildman–Crippen LogP) is 1.12. The highest BCUT2D eigenvalue weighted by molar-refractivity contribution is 5.21. The van der Waals surface area contributed by atoms with E-state index in [1.165, 1.54) is 5.57 Å². The highest BCUT2D eigenvalue weighted by Gasteiger charge is 2.72. The van der Waals surface area contributed by atoms with Crippen molar-refractivity contribution < 1.29 is 70.0 Å². The Kier molecular flexibility index (Phi) is 12.7. The quantitative estimate of drug-likeness (QED) is 0.110. The first-order valence-electron chi connectivity index (χ1n) is 21.0. The summed E-state index contributed by atoms with van der Waals surface area (Å²) in [6.07, 6.45) is -10.5. The number of ether oxygens (including phenoxy) is 4. The molecule has 0 radical (unpaired) electrons. The third kappa shape index (κ3) is 7.16. The molecule has 14 heteroatoms. The van der Waals surface area contributed by atoms with E-state index in [0.717, 1.165) is 32.1 Å². The lowest BCUT2D eigenvalue weighted by Crippen LogP contribution is -2.70. The lowest BCUT2D eigenvalue weighted by molar-refractivity contribution is -0.383. The van der Waals surface area contributed by atoms with Crippen LogP contribution in [0.15, 0.2) is 11.6 Å². The van der Waals surface area contributed by atoms with Crippen LogP contribution in [-0.4, -0.2) is 150 Å². The van der Waals surface area contributed by atoms with Crippen LogP contribution >= 0.6 is 0 Å². The smallest absolute Gasteiger partial charge is 0.187 e. The minimum atomic E-state index is -1.81. The van der Waals surface area contributed by atoms with Gasteiger partial charge in [-0.3, -0.25) is 0 Å². The second kappa shape index (κ2) is 15.9. The van der Waals surface area contributed by atoms with Crippen molar-refractivity contribution in [2.75, 3.05) is 13.2 Å². The summed E-state index contributed by atoms with van der Waals surface area (Å²) in [4.78, 5) is 0. The highest BCUT2D eigenvalue weighted by Crippen LogP contribution is 2.76. The van der Waals surface area contributed by atoms with Crippen LogP contribution in [0.5, 0.6) is 0 Å². The predicted molar refractivity (Wildman–Crippen MR) is 202 cm³/mol. The van der Waals surface area contributed by atoms with Gasteiger partial charge in [-0.15, -0.1) is 0 Å². The molecule has 10 N–H and O–H groups in total. The first-order valence-corrected chi connectivity index (χ1v) is 21.0. The van der Waals surface area contributed by atoms with Crippen molar-refractivity contribution in [2.45, 2.75) is 192 Å². The van der Waals surface area contributed by atoms with Gasteiger partial charge in [-0.05, 0) is 117 Å². The first-order chi connectivity index (χ1) is 26.0. The third-order valence-corrected chi connectivity index (χ3v) is 16.5. The molecule has 0 spiro atoms. The number of fused-ring (bicyclic) bond motifs is 5. The molecule has 0 aromatic rings. The van der Waals surface area contributed by atoms with Crippen molar-refractivity contribution in [2.24, 2.45) is 45.3 Å². The maximum absolute atomic E-state index is 12.2. The normalized spacial score (nSPS) is 52.6. The number of allylic oxidation sites excluding steroid dienone is 2. The van der Waals surface area contributed by atoms with Gasteiger partial charge in [0.2, 0.25) is 0 Å². The van der Waals surface area contributed by atoms with Crippen molar-refractivity contribution >= 4 is 0 Å². The first kappa shape index (κ1) is 44.7. The van der Waals surface area contributed by atoms with Gasteiger partial charge in [0.15, 0.2) is 12.6 Å². The summed E-state index contributed by atoms with van der Waals surface area (Å²) in [5.74, 6) is -0.0322. The van der Waals surface area contributed by atoms with Gasteiger partial charge in [-0.25, -0.2) is 0 Å². The van der Waals surface area contributed by atoms with E-state index in [-0.39, 0.29) is 34.5 Å². The fourth-order valence-corrected chi connectivity index (χ4v) is 13.5. The van der Waals surface area contributed by atoms with E-state index in [9.17, 15) is 51.1 Å². The van der Waals surface area contributed by atoms with Crippen LogP contribution in [0.3, 0.4) is 0 Å². The van der Waals surface area contributed by atoms with Gasteiger partial charge in [0.25, 0.3) is 0 Å². The summed E-state index contributed by atoms with van der Waals surface area (Å²) >= 11 is 0. The van der Waals surface area contributed by atoms with Gasteiger partial charge < -0.3 is 70.0 Å². The third-order valence-electron chi connectivity index (χ3n) is 16.5. The summed E-state index contributed by atoms with van der Waals surface area (Å²) in [7, 11) is 0. The molecule has 6 aliphatic rings. The minimum Gasteiger partial charge on any atom is -0.394 e. The van der Waals surface area contributed by atoms with Gasteiger partial charge in [-0.2, -0.15) is 0 Å². The molecule has 2 aliphatic heterocycles. The lowest BCUT2D eigenvalue weighted by atomic mass is 9.35. The molecule has 6 fully saturated rings. The standard InChI is InChI=1S/C42H72O14/c1-20(2)10-9-13-42(8,52)21-11-14-41(7)28(21)22(45)16-27-39(5)17-23(46)35(38(3,4)26(39)12-15-40(27,41)6)56-37-34(32(50)30(48)25(19-44)54-37)55-36-33(51)31(49)29(47)24(18-43)53-36/h10,21-37,43-52H,9,11-19H2,1-8H3/t21-,22+,23+,24+,25+,26-,27+,28-,29+,30+,31-,32-,33+,34+,35-,36-,37-,39-,40+,41+,42+/m0/s1. The van der Waals surface area contributed by atoms with Gasteiger partial charge in [0.05, 0.1) is 37.1 Å². The fourth-order valence-electron chi connectivity index (χ4n) is 13.5. The number of aliphatic hydroxyl groups is 10. The van der Waals surface area contributed by atoms with Crippen LogP contribution in [0, 0.1) is 45.3 Å². The van der Waals surface area contributed by atoms with Crippen molar-refractivity contribution in [1.82, 2.24) is 0 Å². The Hall–Kier alpha value is -0.820. The van der Waals surface area contributed by atoms with Crippen molar-refractivity contribution in [1.29, 1.82) is 0 Å². The number of aliphatic hydroxyl groups excluding tert-OH is 9. The number of hydrogen-bond acceptors (Lipinski definition) is 14. The van der Waals surface area contributed by atoms with E-state index in [2.05, 4.69) is 40.7 Å². The largest absolute Gasteiger partial charge is 0.394 e. The van der Waals surface area contributed by atoms with E-state index >= 15 is 0 Å². The monoisotopic (exact) mass is 800 g/mol. The molecule has 2 heterocycles. The zero-order valence-corrected chi connectivity index (χ0v) is 34.6. The average molecular weight is 801 g/mol. The molecular weight excluding hydrogens is 728 g/mol. The van der Waals surface area contributed by atoms with E-state index < -0.39 is 109 Å². The van der Waals surface area contributed by atoms with Crippen molar-refractivity contribution in [3.63, 3.8) is 0 Å². The molecule has 4 saturated carbocycles. The SMILES string of the molecule is CC(C)=CCC[C@@](C)(O)[C@H]1CC[C@]2(C)[C@@H]1[C@H](O)C[C@@H]1[C@@]3(C)C[C@@H](O)[C@H](O[C@@H]4O[C@H](CO)[C@@H](O)[C@H](O)[C@H]4O[C@@H]4O[C@H](CO)[C@@H](O)[C@H](O)[C@H]4O)C(C)(C)[C@@H]3CC[C@]12C. The topological polar surface area (TPSA) is 239 Å². The average Bonchev–Trinajstić information content (AvgIpc) is 3.50. The molecule has 6 rings (SSSR count). The molecular formula is C42H72O14. The summed E-state index contributed by atoms with van der Waals surface area (Å²) in [6.45, 7) is 15.7. The Morgan fingerprint density at radius 2 is 1.32 bits per heavy atom. The Bertz CT molecular complexity index is 1400. The molecule has 0 aromatic carbocycles. The second-order valence-electron chi connectivity index (χ2n) is 20.3. The highest BCUT2D eigenvalue weighted by atomic mass is 16.8. The van der Waals surface area contributed by atoms with Crippen LogP contribution in [-0.2, 0) is 18.9 Å². The van der Waals surface area contributed by atoms with E-state index in [4.69, 9.17) is 18.9 Å². The van der Waals surface area contributed by atoms with Crippen molar-refractivity contribution in [3.05, 3.63) is 11.6 Å². The van der Waals surface area contributed by atoms with Crippen LogP contribution in [0.2, 0.25) is 0 Å². The zero-order valence-electron chi connectivity index (χ0n) is 34.6. The molecule has 21 atom stereocenters. The Balaban J connectivity index is 1.25. The Labute approximate surface area is 331 Å². The summed E-state index contributed by atoms with van der Waals surface area (Å²) in [6, 6.07) is 0. The molecule has 0 aromatic heterocycles. The van der Waals surface area contributed by atoms with Gasteiger partial charge in [0.1, 0.15) is 48.8 Å². The summed E-state index contributed by atoms with van der Waals surface area (Å²) in [5.41, 5.74) is -1.25. The molecule has 56 heavy (non-hydrogen) atoms. The van der Waals surface area contributed by atoms with Crippen LogP contribution in [0.25, 0.3) is 0 Å². The molecule has 14 nitrogen and oxygen atoms in total. The summed E-state index contributed by atoms with van der Waals surface area (Å²) in [5, 5.41) is 110. The van der Waals surface area contributed by atoms with Gasteiger partial charge in [-0.1, -0.05) is 46.3 Å². The van der Waals surface area contributed by atoms with Crippen LogP contribution in [0.1, 0.15) is 107 Å².